The largest absolute Gasteiger partial charge is 0.301 e. The van der Waals surface area contributed by atoms with Gasteiger partial charge in [0.15, 0.2) is 5.82 Å². The lowest BCUT2D eigenvalue weighted by atomic mass is 9.96. The molecular weight excluding hydrogens is 310 g/mol. The Labute approximate surface area is 149 Å². The van der Waals surface area contributed by atoms with E-state index in [9.17, 15) is 0 Å². The van der Waals surface area contributed by atoms with Crippen LogP contribution in [0.3, 0.4) is 0 Å². The van der Waals surface area contributed by atoms with Crippen LogP contribution in [0.5, 0.6) is 0 Å². The Bertz CT molecular complexity index is 820. The van der Waals surface area contributed by atoms with Gasteiger partial charge in [0, 0.05) is 6.54 Å². The molecule has 0 spiro atoms. The van der Waals surface area contributed by atoms with E-state index in [4.69, 9.17) is 0 Å². The van der Waals surface area contributed by atoms with Gasteiger partial charge in [-0.15, -0.1) is 5.10 Å². The van der Waals surface area contributed by atoms with Gasteiger partial charge in [0.2, 0.25) is 0 Å². The molecule has 25 heavy (non-hydrogen) atoms. The normalized spacial score (nSPS) is 13.6. The van der Waals surface area contributed by atoms with Crippen molar-refractivity contribution < 1.29 is 0 Å². The molecule has 0 saturated heterocycles. The minimum Gasteiger partial charge on any atom is -0.301 e. The topological polar surface area (TPSA) is 55.6 Å². The number of tetrazole rings is 1. The number of hydrogen-bond acceptors (Lipinski definition) is 4. The Kier molecular flexibility index (Phi) is 4.95. The molecule has 0 aliphatic rings. The van der Waals surface area contributed by atoms with Crippen LogP contribution in [-0.4, -0.2) is 20.2 Å². The van der Waals surface area contributed by atoms with Crippen LogP contribution in [-0.2, 0) is 12.1 Å². The van der Waals surface area contributed by atoms with E-state index in [0.717, 1.165) is 35.6 Å². The highest BCUT2D eigenvalue weighted by atomic mass is 15.6. The van der Waals surface area contributed by atoms with Gasteiger partial charge < -0.3 is 5.32 Å². The van der Waals surface area contributed by atoms with Crippen molar-refractivity contribution in [2.24, 2.45) is 0 Å². The van der Waals surface area contributed by atoms with Crippen LogP contribution in [0.25, 0.3) is 5.69 Å². The first-order chi connectivity index (χ1) is 12.0. The van der Waals surface area contributed by atoms with Gasteiger partial charge in [0.1, 0.15) is 0 Å². The second-order valence-electron chi connectivity index (χ2n) is 6.68. The molecule has 1 N–H and O–H groups in total. The second kappa shape index (κ2) is 7.15. The third-order valence-corrected chi connectivity index (χ3v) is 4.85. The van der Waals surface area contributed by atoms with E-state index in [1.54, 1.807) is 0 Å². The third-order valence-electron chi connectivity index (χ3n) is 4.85. The molecule has 1 atom stereocenters. The highest BCUT2D eigenvalue weighted by Crippen LogP contribution is 2.27. The van der Waals surface area contributed by atoms with Crippen molar-refractivity contribution in [2.45, 2.75) is 46.2 Å². The number of rotatable bonds is 6. The summed E-state index contributed by atoms with van der Waals surface area (Å²) in [6, 6.07) is 16.6. The molecule has 5 nitrogen and oxygen atoms in total. The predicted molar refractivity (Wildman–Crippen MR) is 99.6 cm³/mol. The summed E-state index contributed by atoms with van der Waals surface area (Å²) in [4.78, 5) is 0. The first-order valence-corrected chi connectivity index (χ1v) is 8.69. The molecule has 0 fully saturated rings. The zero-order valence-corrected chi connectivity index (χ0v) is 15.3. The number of nitrogens with one attached hydrogen (secondary N) is 1. The van der Waals surface area contributed by atoms with Gasteiger partial charge in [0.05, 0.1) is 11.2 Å². The number of para-hydroxylation sites is 1. The minimum atomic E-state index is -0.325. The Balaban J connectivity index is 1.96. The van der Waals surface area contributed by atoms with E-state index < -0.39 is 0 Å². The summed E-state index contributed by atoms with van der Waals surface area (Å²) in [5, 5.41) is 16.3. The molecule has 0 saturated carbocycles. The molecular formula is C20H25N5. The maximum atomic E-state index is 4.37. The molecule has 3 aromatic rings. The van der Waals surface area contributed by atoms with E-state index >= 15 is 0 Å². The highest BCUT2D eigenvalue weighted by molar-refractivity contribution is 5.47. The van der Waals surface area contributed by atoms with Crippen molar-refractivity contribution >= 4 is 0 Å². The van der Waals surface area contributed by atoms with E-state index in [2.05, 4.69) is 91.0 Å². The molecule has 0 unspecified atom stereocenters. The molecule has 0 radical (unpaired) electrons. The van der Waals surface area contributed by atoms with E-state index in [-0.39, 0.29) is 5.54 Å². The number of aryl methyl sites for hydroxylation is 2. The maximum absolute atomic E-state index is 4.37. The molecule has 1 aromatic heterocycles. The lowest BCUT2D eigenvalue weighted by molar-refractivity contribution is 0.323. The molecule has 5 heteroatoms. The Morgan fingerprint density at radius 2 is 1.68 bits per heavy atom. The average Bonchev–Trinajstić information content (AvgIpc) is 3.10. The van der Waals surface area contributed by atoms with Crippen LogP contribution in [0.4, 0.5) is 0 Å². The van der Waals surface area contributed by atoms with Crippen LogP contribution in [0.2, 0.25) is 0 Å². The fraction of sp³-hybridized carbons (Fsp3) is 0.350. The summed E-state index contributed by atoms with van der Waals surface area (Å²) in [5.41, 5.74) is 4.30. The van der Waals surface area contributed by atoms with E-state index in [1.807, 2.05) is 10.7 Å². The summed E-state index contributed by atoms with van der Waals surface area (Å²) >= 11 is 0. The second-order valence-corrected chi connectivity index (χ2v) is 6.68. The van der Waals surface area contributed by atoms with Crippen molar-refractivity contribution in [3.8, 4) is 5.69 Å². The summed E-state index contributed by atoms with van der Waals surface area (Å²) in [6.45, 7) is 9.27. The van der Waals surface area contributed by atoms with Crippen molar-refractivity contribution in [1.29, 1.82) is 0 Å². The van der Waals surface area contributed by atoms with Gasteiger partial charge in [-0.05, 0) is 54.3 Å². The first kappa shape index (κ1) is 17.3. The zero-order valence-electron chi connectivity index (χ0n) is 15.3. The zero-order chi connectivity index (χ0) is 17.9. The summed E-state index contributed by atoms with van der Waals surface area (Å²) in [7, 11) is 0. The number of aromatic nitrogens is 4. The Morgan fingerprint density at radius 3 is 2.32 bits per heavy atom. The van der Waals surface area contributed by atoms with Crippen molar-refractivity contribution in [3.05, 3.63) is 71.0 Å². The van der Waals surface area contributed by atoms with Crippen LogP contribution in [0, 0.1) is 13.8 Å². The van der Waals surface area contributed by atoms with Crippen LogP contribution in [0.1, 0.15) is 42.8 Å². The van der Waals surface area contributed by atoms with Gasteiger partial charge in [-0.1, -0.05) is 55.5 Å². The Morgan fingerprint density at radius 1 is 1.00 bits per heavy atom. The van der Waals surface area contributed by atoms with Crippen molar-refractivity contribution in [1.82, 2.24) is 25.5 Å². The number of benzene rings is 2. The number of hydrogen-bond donors (Lipinski definition) is 1. The summed E-state index contributed by atoms with van der Waals surface area (Å²) in [5.74, 6) is 0.836. The summed E-state index contributed by atoms with van der Waals surface area (Å²) in [6.07, 6.45) is 0.880. The third kappa shape index (κ3) is 3.46. The summed E-state index contributed by atoms with van der Waals surface area (Å²) < 4.78 is 1.88. The lowest BCUT2D eigenvalue weighted by Gasteiger charge is -2.29. The minimum absolute atomic E-state index is 0.325. The standard InChI is InChI=1S/C20H25N5/c1-5-20(4,21-14-17-12-7-6-8-13-17)19-22-23-24-25(19)18-15(2)10-9-11-16(18)3/h6-13,21H,5,14H2,1-4H3/t20-/m1/s1. The van der Waals surface area contributed by atoms with Gasteiger partial charge in [-0.25, -0.2) is 0 Å². The van der Waals surface area contributed by atoms with Crippen LogP contribution in [0.15, 0.2) is 48.5 Å². The van der Waals surface area contributed by atoms with Crippen LogP contribution >= 0.6 is 0 Å². The van der Waals surface area contributed by atoms with Gasteiger partial charge in [0.25, 0.3) is 0 Å². The van der Waals surface area contributed by atoms with Gasteiger partial charge >= 0.3 is 0 Å². The lowest BCUT2D eigenvalue weighted by Crippen LogP contribution is -2.41. The van der Waals surface area contributed by atoms with Crippen LogP contribution < -0.4 is 5.32 Å². The Hall–Kier alpha value is -2.53. The predicted octanol–water partition coefficient (Wildman–Crippen LogP) is 3.69. The van der Waals surface area contributed by atoms with Crippen molar-refractivity contribution in [3.63, 3.8) is 0 Å². The van der Waals surface area contributed by atoms with Crippen molar-refractivity contribution in [2.75, 3.05) is 0 Å². The molecule has 2 aromatic carbocycles. The molecule has 3 rings (SSSR count). The van der Waals surface area contributed by atoms with E-state index in [1.165, 1.54) is 5.56 Å². The highest BCUT2D eigenvalue weighted by Gasteiger charge is 2.31. The average molecular weight is 335 g/mol. The smallest absolute Gasteiger partial charge is 0.176 e. The van der Waals surface area contributed by atoms with Gasteiger partial charge in [-0.3, -0.25) is 0 Å². The van der Waals surface area contributed by atoms with E-state index in [0.29, 0.717) is 0 Å². The monoisotopic (exact) mass is 335 g/mol. The van der Waals surface area contributed by atoms with Gasteiger partial charge in [-0.2, -0.15) is 4.68 Å². The first-order valence-electron chi connectivity index (χ1n) is 8.69. The molecule has 0 amide bonds. The molecule has 130 valence electrons. The molecule has 1 heterocycles. The molecule has 0 bridgehead atoms. The molecule has 0 aliphatic carbocycles. The maximum Gasteiger partial charge on any atom is 0.176 e. The number of nitrogens with zero attached hydrogens (tertiary/aromatic N) is 4. The fourth-order valence-electron chi connectivity index (χ4n) is 3.08. The quantitative estimate of drug-likeness (QED) is 0.746. The molecule has 0 aliphatic heterocycles. The fourth-order valence-corrected chi connectivity index (χ4v) is 3.08. The SMILES string of the molecule is CC[C@@](C)(NCc1ccccc1)c1nnnn1-c1c(C)cccc1C.